The molecule has 130 valence electrons. The van der Waals surface area contributed by atoms with Crippen molar-refractivity contribution in [3.63, 3.8) is 0 Å². The van der Waals surface area contributed by atoms with Gasteiger partial charge in [-0.1, -0.05) is 48.5 Å². The van der Waals surface area contributed by atoms with Gasteiger partial charge in [-0.25, -0.2) is 8.78 Å². The smallest absolute Gasteiger partial charge is 0.124 e. The van der Waals surface area contributed by atoms with Crippen molar-refractivity contribution in [1.82, 2.24) is 0 Å². The van der Waals surface area contributed by atoms with E-state index >= 15 is 0 Å². The first-order chi connectivity index (χ1) is 13.2. The molecule has 2 heterocycles. The van der Waals surface area contributed by atoms with Crippen LogP contribution in [0.2, 0.25) is 0 Å². The summed E-state index contributed by atoms with van der Waals surface area (Å²) in [6, 6.07) is 26.6. The molecule has 0 unspecified atom stereocenters. The molecule has 4 aromatic carbocycles. The molecule has 3 heteroatoms. The Bertz CT molecular complexity index is 1160. The van der Waals surface area contributed by atoms with Gasteiger partial charge in [0.25, 0.3) is 0 Å². The van der Waals surface area contributed by atoms with Gasteiger partial charge in [-0.05, 0) is 58.7 Å². The molecule has 0 radical (unpaired) electrons. The lowest BCUT2D eigenvalue weighted by atomic mass is 10.1. The van der Waals surface area contributed by atoms with Crippen molar-refractivity contribution in [3.05, 3.63) is 96.6 Å². The Morgan fingerprint density at radius 3 is 1.33 bits per heavy atom. The van der Waals surface area contributed by atoms with Gasteiger partial charge >= 0.3 is 0 Å². The van der Waals surface area contributed by atoms with E-state index in [-0.39, 0.29) is 11.6 Å². The first-order valence-electron chi connectivity index (χ1n) is 8.83. The number of rotatable bonds is 0. The Balaban J connectivity index is 1.88. The Morgan fingerprint density at radius 2 is 0.852 bits per heavy atom. The highest BCUT2D eigenvalue weighted by Crippen LogP contribution is 2.84. The van der Waals surface area contributed by atoms with Crippen LogP contribution < -0.4 is 0 Å². The zero-order valence-electron chi connectivity index (χ0n) is 14.2. The number of fused-ring (bicyclic) bond motifs is 10. The zero-order valence-corrected chi connectivity index (χ0v) is 15.1. The minimum Gasteiger partial charge on any atom is -0.207 e. The molecule has 0 fully saturated rings. The van der Waals surface area contributed by atoms with Gasteiger partial charge in [-0.2, -0.15) is 0 Å². The first kappa shape index (κ1) is 15.2. The summed E-state index contributed by atoms with van der Waals surface area (Å²) in [6.07, 6.45) is 0. The maximum atomic E-state index is 14.4. The van der Waals surface area contributed by atoms with Crippen molar-refractivity contribution in [3.8, 4) is 22.3 Å². The van der Waals surface area contributed by atoms with Crippen LogP contribution in [-0.4, -0.2) is 0 Å². The lowest BCUT2D eigenvalue weighted by molar-refractivity contribution is 0.624. The molecule has 0 aliphatic carbocycles. The van der Waals surface area contributed by atoms with Gasteiger partial charge in [-0.15, -0.1) is 10.0 Å². The minimum atomic E-state index is -1.89. The molecule has 0 saturated heterocycles. The van der Waals surface area contributed by atoms with E-state index < -0.39 is 10.0 Å². The molecular weight excluding hydrogens is 358 g/mol. The number of hydrogen-bond donors (Lipinski definition) is 0. The summed E-state index contributed by atoms with van der Waals surface area (Å²) in [5.41, 5.74) is 4.34. The second-order valence-electron chi connectivity index (χ2n) is 6.89. The molecule has 0 nitrogen and oxygen atoms in total. The van der Waals surface area contributed by atoms with E-state index in [1.54, 1.807) is 12.1 Å². The topological polar surface area (TPSA) is 0 Å². The van der Waals surface area contributed by atoms with Gasteiger partial charge in [0.05, 0.1) is 0 Å². The minimum absolute atomic E-state index is 0.254. The fourth-order valence-corrected chi connectivity index (χ4v) is 9.16. The summed E-state index contributed by atoms with van der Waals surface area (Å²) in [6.45, 7) is 0. The molecule has 0 atom stereocenters. The molecule has 4 aromatic rings. The third-order valence-electron chi connectivity index (χ3n) is 5.56. The molecule has 0 amide bonds. The standard InChI is InChI=1S/C24H14F2S/c25-15-9-11-19-17-5-1-3-7-21(17)27(23(19)13-15)22-8-4-2-6-18(22)20-12-10-16(26)14-24(20)27/h1-14H. The first-order valence-corrected chi connectivity index (χ1v) is 10.5. The summed E-state index contributed by atoms with van der Waals surface area (Å²) in [5.74, 6) is -0.508. The molecule has 27 heavy (non-hydrogen) atoms. The molecule has 2 aliphatic heterocycles. The second-order valence-corrected chi connectivity index (χ2v) is 9.87. The fraction of sp³-hybridized carbons (Fsp3) is 0. The van der Waals surface area contributed by atoms with Crippen molar-refractivity contribution >= 4 is 10.0 Å². The molecule has 0 saturated carbocycles. The van der Waals surface area contributed by atoms with Crippen molar-refractivity contribution in [1.29, 1.82) is 0 Å². The average Bonchev–Trinajstić information content (AvgIpc) is 3.14. The van der Waals surface area contributed by atoms with Gasteiger partial charge in [0.2, 0.25) is 0 Å². The molecule has 0 N–H and O–H groups in total. The Morgan fingerprint density at radius 1 is 0.444 bits per heavy atom. The molecule has 2 aliphatic rings. The summed E-state index contributed by atoms with van der Waals surface area (Å²) in [4.78, 5) is 4.28. The van der Waals surface area contributed by atoms with Crippen LogP contribution in [0.15, 0.2) is 105 Å². The Kier molecular flexibility index (Phi) is 2.86. The Hall–Kier alpha value is -2.91. The van der Waals surface area contributed by atoms with Gasteiger partial charge in [0.1, 0.15) is 11.6 Å². The normalized spacial score (nSPS) is 15.8. The number of halogens is 2. The molecule has 6 rings (SSSR count). The summed E-state index contributed by atoms with van der Waals surface area (Å²) in [5, 5.41) is 0. The second kappa shape index (κ2) is 5.08. The van der Waals surface area contributed by atoms with E-state index in [4.69, 9.17) is 0 Å². The highest BCUT2D eigenvalue weighted by atomic mass is 32.3. The fourth-order valence-electron chi connectivity index (χ4n) is 4.57. The van der Waals surface area contributed by atoms with Crippen LogP contribution in [0.4, 0.5) is 8.78 Å². The molecule has 1 spiro atoms. The van der Waals surface area contributed by atoms with E-state index in [0.29, 0.717) is 0 Å². The van der Waals surface area contributed by atoms with Gasteiger partial charge in [-0.3, -0.25) is 0 Å². The van der Waals surface area contributed by atoms with E-state index in [1.165, 1.54) is 21.9 Å². The van der Waals surface area contributed by atoms with Crippen LogP contribution in [0.25, 0.3) is 22.3 Å². The monoisotopic (exact) mass is 372 g/mol. The predicted octanol–water partition coefficient (Wildman–Crippen LogP) is 7.27. The van der Waals surface area contributed by atoms with Crippen LogP contribution in [0.1, 0.15) is 0 Å². The SMILES string of the molecule is Fc1ccc2c(c1)S1(c3ccccc3-2)c2ccccc2-c2ccc(F)cc21. The third kappa shape index (κ3) is 1.73. The summed E-state index contributed by atoms with van der Waals surface area (Å²) in [7, 11) is -1.89. The van der Waals surface area contributed by atoms with Crippen LogP contribution in [0, 0.1) is 11.6 Å². The summed E-state index contributed by atoms with van der Waals surface area (Å²) < 4.78 is 28.8. The zero-order chi connectivity index (χ0) is 18.2. The molecule has 0 bridgehead atoms. The van der Waals surface area contributed by atoms with E-state index in [0.717, 1.165) is 32.0 Å². The van der Waals surface area contributed by atoms with E-state index in [1.807, 2.05) is 36.4 Å². The highest BCUT2D eigenvalue weighted by molar-refractivity contribution is 8.34. The van der Waals surface area contributed by atoms with Crippen molar-refractivity contribution in [2.75, 3.05) is 0 Å². The maximum absolute atomic E-state index is 14.4. The van der Waals surface area contributed by atoms with Crippen LogP contribution in [0.3, 0.4) is 0 Å². The summed E-state index contributed by atoms with van der Waals surface area (Å²) >= 11 is 0. The van der Waals surface area contributed by atoms with E-state index in [9.17, 15) is 8.78 Å². The van der Waals surface area contributed by atoms with Gasteiger partial charge in [0, 0.05) is 19.6 Å². The maximum Gasteiger partial charge on any atom is 0.124 e. The Labute approximate surface area is 157 Å². The predicted molar refractivity (Wildman–Crippen MR) is 104 cm³/mol. The third-order valence-corrected chi connectivity index (χ3v) is 9.59. The quantitative estimate of drug-likeness (QED) is 0.263. The number of hydrogen-bond acceptors (Lipinski definition) is 0. The van der Waals surface area contributed by atoms with Crippen molar-refractivity contribution in [2.24, 2.45) is 0 Å². The van der Waals surface area contributed by atoms with Gasteiger partial charge < -0.3 is 0 Å². The van der Waals surface area contributed by atoms with Crippen LogP contribution in [0.5, 0.6) is 0 Å². The van der Waals surface area contributed by atoms with Crippen molar-refractivity contribution in [2.45, 2.75) is 19.6 Å². The van der Waals surface area contributed by atoms with Gasteiger partial charge in [0.15, 0.2) is 0 Å². The van der Waals surface area contributed by atoms with Crippen LogP contribution >= 0.6 is 10.0 Å². The lowest BCUT2D eigenvalue weighted by Gasteiger charge is -2.36. The average molecular weight is 372 g/mol. The van der Waals surface area contributed by atoms with Crippen LogP contribution in [-0.2, 0) is 0 Å². The molecule has 0 aromatic heterocycles. The lowest BCUT2D eigenvalue weighted by Crippen LogP contribution is -1.98. The highest BCUT2D eigenvalue weighted by Gasteiger charge is 2.48. The largest absolute Gasteiger partial charge is 0.207 e. The molecular formula is C24H14F2S. The van der Waals surface area contributed by atoms with Crippen molar-refractivity contribution < 1.29 is 8.78 Å². The van der Waals surface area contributed by atoms with E-state index in [2.05, 4.69) is 24.3 Å². The number of benzene rings is 4.